The van der Waals surface area contributed by atoms with Gasteiger partial charge in [-0.05, 0) is 57.0 Å². The molecule has 0 aromatic heterocycles. The van der Waals surface area contributed by atoms with Crippen LogP contribution in [0.5, 0.6) is 11.5 Å². The minimum absolute atomic E-state index is 0.0823. The van der Waals surface area contributed by atoms with Crippen molar-refractivity contribution in [3.63, 3.8) is 0 Å². The van der Waals surface area contributed by atoms with E-state index in [0.717, 1.165) is 16.1 Å². The van der Waals surface area contributed by atoms with Crippen LogP contribution in [0.3, 0.4) is 0 Å². The second kappa shape index (κ2) is 12.5. The van der Waals surface area contributed by atoms with E-state index in [1.807, 2.05) is 20.8 Å². The number of halogens is 1. The Morgan fingerprint density at radius 3 is 2.16 bits per heavy atom. The summed E-state index contributed by atoms with van der Waals surface area (Å²) in [6.07, 6.45) is 1.33. The molecule has 2 aromatic carbocycles. The molecule has 11 heteroatoms. The summed E-state index contributed by atoms with van der Waals surface area (Å²) in [5.41, 5.74) is 0.368. The normalized spacial score (nSPS) is 12.4. The number of nitrogens with zero attached hydrogens (tertiary/aromatic N) is 2. The summed E-state index contributed by atoms with van der Waals surface area (Å²) >= 11 is 6.02. The average Bonchev–Trinajstić information content (AvgIpc) is 2.81. The van der Waals surface area contributed by atoms with Gasteiger partial charge in [-0.3, -0.25) is 13.9 Å². The van der Waals surface area contributed by atoms with Crippen molar-refractivity contribution in [2.75, 3.05) is 31.3 Å². The van der Waals surface area contributed by atoms with Crippen LogP contribution >= 0.6 is 11.6 Å². The minimum Gasteiger partial charge on any atom is -0.497 e. The molecule has 0 spiro atoms. The number of amides is 2. The lowest BCUT2D eigenvalue weighted by molar-refractivity contribution is -0.141. The van der Waals surface area contributed by atoms with Crippen LogP contribution < -0.4 is 19.1 Å². The summed E-state index contributed by atoms with van der Waals surface area (Å²) in [5, 5.41) is 3.46. The van der Waals surface area contributed by atoms with Crippen LogP contribution in [0, 0.1) is 0 Å². The number of carbonyl (C=O) groups is 2. The second-order valence-corrected chi connectivity index (χ2v) is 12.0. The van der Waals surface area contributed by atoms with Crippen LogP contribution in [0.2, 0.25) is 5.02 Å². The lowest BCUT2D eigenvalue weighted by Crippen LogP contribution is -2.55. The Balaban J connectivity index is 2.54. The van der Waals surface area contributed by atoms with Crippen molar-refractivity contribution < 1.29 is 27.5 Å². The smallest absolute Gasteiger partial charge is 0.244 e. The largest absolute Gasteiger partial charge is 0.497 e. The highest BCUT2D eigenvalue weighted by Gasteiger charge is 2.33. The van der Waals surface area contributed by atoms with E-state index in [1.54, 1.807) is 43.3 Å². The third kappa shape index (κ3) is 8.53. The topological polar surface area (TPSA) is 105 Å². The van der Waals surface area contributed by atoms with Gasteiger partial charge in [-0.2, -0.15) is 0 Å². The molecule has 0 fully saturated rings. The van der Waals surface area contributed by atoms with Gasteiger partial charge in [0.2, 0.25) is 21.8 Å². The van der Waals surface area contributed by atoms with Crippen LogP contribution in [0.1, 0.15) is 39.7 Å². The molecular formula is C26H36ClN3O6S. The zero-order valence-electron chi connectivity index (χ0n) is 22.4. The van der Waals surface area contributed by atoms with Gasteiger partial charge in [0.05, 0.1) is 26.2 Å². The summed E-state index contributed by atoms with van der Waals surface area (Å²) in [6.45, 7) is 6.89. The summed E-state index contributed by atoms with van der Waals surface area (Å²) in [4.78, 5) is 28.4. The predicted molar refractivity (Wildman–Crippen MR) is 146 cm³/mol. The maximum absolute atomic E-state index is 13.8. The molecular weight excluding hydrogens is 518 g/mol. The number of benzene rings is 2. The number of methoxy groups -OCH3 is 2. The van der Waals surface area contributed by atoms with Gasteiger partial charge in [0.1, 0.15) is 24.1 Å². The number of hydrogen-bond acceptors (Lipinski definition) is 6. The number of anilines is 1. The van der Waals surface area contributed by atoms with Gasteiger partial charge < -0.3 is 19.7 Å². The van der Waals surface area contributed by atoms with Crippen molar-refractivity contribution in [3.05, 3.63) is 53.1 Å². The van der Waals surface area contributed by atoms with Gasteiger partial charge in [-0.15, -0.1) is 0 Å². The molecule has 0 heterocycles. The first-order valence-corrected chi connectivity index (χ1v) is 14.0. The fourth-order valence-corrected chi connectivity index (χ4v) is 4.72. The first-order valence-electron chi connectivity index (χ1n) is 11.8. The highest BCUT2D eigenvalue weighted by atomic mass is 35.5. The highest BCUT2D eigenvalue weighted by molar-refractivity contribution is 7.92. The molecule has 204 valence electrons. The van der Waals surface area contributed by atoms with Crippen molar-refractivity contribution in [1.82, 2.24) is 10.2 Å². The molecule has 0 aliphatic rings. The molecule has 0 saturated heterocycles. The molecule has 0 bridgehead atoms. The Labute approximate surface area is 224 Å². The number of ether oxygens (including phenoxy) is 2. The Morgan fingerprint density at radius 1 is 1.05 bits per heavy atom. The van der Waals surface area contributed by atoms with Gasteiger partial charge in [0.15, 0.2) is 0 Å². The van der Waals surface area contributed by atoms with E-state index in [0.29, 0.717) is 17.2 Å². The second-order valence-electron chi connectivity index (χ2n) is 9.62. The Hall–Kier alpha value is -2.98. The van der Waals surface area contributed by atoms with Crippen molar-refractivity contribution in [2.24, 2.45) is 0 Å². The van der Waals surface area contributed by atoms with E-state index in [2.05, 4.69) is 5.32 Å². The van der Waals surface area contributed by atoms with Crippen molar-refractivity contribution >= 4 is 39.1 Å². The number of sulfonamides is 1. The van der Waals surface area contributed by atoms with Gasteiger partial charge in [-0.25, -0.2) is 8.42 Å². The van der Waals surface area contributed by atoms with Crippen molar-refractivity contribution in [2.45, 2.75) is 52.2 Å². The minimum atomic E-state index is -3.93. The quantitative estimate of drug-likeness (QED) is 0.453. The van der Waals surface area contributed by atoms with Gasteiger partial charge in [-0.1, -0.05) is 30.7 Å². The molecule has 0 radical (unpaired) electrons. The predicted octanol–water partition coefficient (Wildman–Crippen LogP) is 3.85. The van der Waals surface area contributed by atoms with Crippen molar-refractivity contribution in [1.29, 1.82) is 0 Å². The molecule has 0 saturated carbocycles. The zero-order valence-corrected chi connectivity index (χ0v) is 23.9. The molecule has 9 nitrogen and oxygen atoms in total. The maximum atomic E-state index is 13.8. The van der Waals surface area contributed by atoms with E-state index in [4.69, 9.17) is 21.1 Å². The first kappa shape index (κ1) is 30.2. The number of rotatable bonds is 11. The molecule has 0 aliphatic heterocycles. The van der Waals surface area contributed by atoms with Gasteiger partial charge >= 0.3 is 0 Å². The highest BCUT2D eigenvalue weighted by Crippen LogP contribution is 2.34. The maximum Gasteiger partial charge on any atom is 0.244 e. The molecule has 37 heavy (non-hydrogen) atoms. The van der Waals surface area contributed by atoms with Crippen LogP contribution in [0.15, 0.2) is 42.5 Å². The molecule has 0 aliphatic carbocycles. The van der Waals surface area contributed by atoms with Crippen molar-refractivity contribution in [3.8, 4) is 11.5 Å². The summed E-state index contributed by atoms with van der Waals surface area (Å²) in [6, 6.07) is 10.7. The third-order valence-corrected chi connectivity index (χ3v) is 6.86. The number of carbonyl (C=O) groups excluding carboxylic acids is 2. The van der Waals surface area contributed by atoms with Crippen LogP contribution in [0.4, 0.5) is 5.69 Å². The van der Waals surface area contributed by atoms with Crippen LogP contribution in [0.25, 0.3) is 0 Å². The number of hydrogen-bond donors (Lipinski definition) is 1. The van der Waals surface area contributed by atoms with E-state index < -0.39 is 34.1 Å². The van der Waals surface area contributed by atoms with Crippen LogP contribution in [-0.4, -0.2) is 63.7 Å². The Bertz CT molecular complexity index is 1200. The Kier molecular flexibility index (Phi) is 10.2. The molecule has 0 unspecified atom stereocenters. The molecule has 1 atom stereocenters. The fourth-order valence-electron chi connectivity index (χ4n) is 3.75. The Morgan fingerprint density at radius 2 is 1.68 bits per heavy atom. The van der Waals surface area contributed by atoms with E-state index in [1.165, 1.54) is 25.2 Å². The lowest BCUT2D eigenvalue weighted by Gasteiger charge is -2.34. The average molecular weight is 554 g/mol. The van der Waals surface area contributed by atoms with Crippen LogP contribution in [-0.2, 0) is 26.2 Å². The van der Waals surface area contributed by atoms with Gasteiger partial charge in [0.25, 0.3) is 0 Å². The first-order chi connectivity index (χ1) is 17.2. The summed E-state index contributed by atoms with van der Waals surface area (Å²) < 4.78 is 37.3. The molecule has 2 rings (SSSR count). The van der Waals surface area contributed by atoms with E-state index >= 15 is 0 Å². The molecule has 2 aromatic rings. The van der Waals surface area contributed by atoms with Gasteiger partial charge in [0, 0.05) is 23.2 Å². The monoisotopic (exact) mass is 553 g/mol. The summed E-state index contributed by atoms with van der Waals surface area (Å²) in [7, 11) is -1.07. The van der Waals surface area contributed by atoms with E-state index in [-0.39, 0.29) is 23.9 Å². The molecule has 1 N–H and O–H groups in total. The third-order valence-electron chi connectivity index (χ3n) is 5.48. The lowest BCUT2D eigenvalue weighted by atomic mass is 10.1. The standard InChI is InChI=1S/C26H36ClN3O6S/c1-8-21(25(32)28-26(2,3)4)29(16-18-9-11-19(27)12-10-18)24(31)17-30(37(7,33)34)22-15-20(35-5)13-14-23(22)36-6/h9-15,21H,8,16-17H2,1-7H3,(H,28,32)/t21-/m1/s1. The fraction of sp³-hybridized carbons (Fsp3) is 0.462. The molecule has 2 amide bonds. The van der Waals surface area contributed by atoms with E-state index in [9.17, 15) is 18.0 Å². The number of nitrogens with one attached hydrogen (secondary N) is 1. The summed E-state index contributed by atoms with van der Waals surface area (Å²) in [5.74, 6) is -0.241. The SMILES string of the molecule is CC[C@H](C(=O)NC(C)(C)C)N(Cc1ccc(Cl)cc1)C(=O)CN(c1cc(OC)ccc1OC)S(C)(=O)=O. The zero-order chi connectivity index (χ0) is 28.0.